The van der Waals surface area contributed by atoms with Crippen LogP contribution in [0.3, 0.4) is 0 Å². The highest BCUT2D eigenvalue weighted by molar-refractivity contribution is 5.98. The largest absolute Gasteiger partial charge is 0.353 e. The quantitative estimate of drug-likeness (QED) is 0.291. The minimum absolute atomic E-state index is 0.212. The number of nitrogens with one attached hydrogen (secondary N) is 2. The van der Waals surface area contributed by atoms with Crippen molar-refractivity contribution >= 4 is 28.6 Å². The summed E-state index contributed by atoms with van der Waals surface area (Å²) in [5, 5.41) is 10.7. The van der Waals surface area contributed by atoms with Crippen molar-refractivity contribution in [3.8, 4) is 22.5 Å². The molecule has 6 heteroatoms. The molecular weight excluding hydrogens is 473 g/mol. The Morgan fingerprint density at radius 2 is 1.97 bits per heavy atom. The molecule has 5 rings (SSSR count). The van der Waals surface area contributed by atoms with E-state index < -0.39 is 0 Å². The smallest absolute Gasteiger partial charge is 0.124 e. The minimum Gasteiger partial charge on any atom is -0.353 e. The van der Waals surface area contributed by atoms with Crippen molar-refractivity contribution in [2.45, 2.75) is 19.8 Å². The number of hydrogen-bond donors (Lipinski definition) is 2. The third-order valence-electron chi connectivity index (χ3n) is 6.73. The molecule has 0 radical (unpaired) electrons. The van der Waals surface area contributed by atoms with Gasteiger partial charge in [-0.15, -0.1) is 0 Å². The van der Waals surface area contributed by atoms with Crippen molar-refractivity contribution < 1.29 is 4.39 Å². The third kappa shape index (κ3) is 5.36. The number of aryl methyl sites for hydroxylation is 1. The molecule has 5 nitrogen and oxygen atoms in total. The second-order valence-corrected chi connectivity index (χ2v) is 9.80. The number of rotatable bonds is 8. The van der Waals surface area contributed by atoms with E-state index in [1.165, 1.54) is 0 Å². The summed E-state index contributed by atoms with van der Waals surface area (Å²) in [6, 6.07) is 17.4. The van der Waals surface area contributed by atoms with E-state index >= 15 is 0 Å². The van der Waals surface area contributed by atoms with Crippen LogP contribution >= 0.6 is 0 Å². The summed E-state index contributed by atoms with van der Waals surface area (Å²) in [5.41, 5.74) is 7.33. The molecule has 3 aromatic heterocycles. The summed E-state index contributed by atoms with van der Waals surface area (Å²) in [6.45, 7) is 7.20. The molecule has 0 aliphatic heterocycles. The fourth-order valence-corrected chi connectivity index (χ4v) is 4.83. The molecule has 3 heterocycles. The van der Waals surface area contributed by atoms with Crippen molar-refractivity contribution in [3.63, 3.8) is 0 Å². The Kier molecular flexibility index (Phi) is 7.33. The summed E-state index contributed by atoms with van der Waals surface area (Å²) in [6.07, 6.45) is 9.40. The van der Waals surface area contributed by atoms with E-state index in [0.717, 1.165) is 80.1 Å². The first-order valence-electron chi connectivity index (χ1n) is 12.8. The van der Waals surface area contributed by atoms with Gasteiger partial charge >= 0.3 is 0 Å². The Bertz CT molecular complexity index is 1710. The second kappa shape index (κ2) is 11.0. The summed E-state index contributed by atoms with van der Waals surface area (Å²) < 4.78 is 14.7. The average Bonchev–Trinajstić information content (AvgIpc) is 3.52. The molecule has 0 saturated heterocycles. The van der Waals surface area contributed by atoms with Gasteiger partial charge in [-0.25, -0.2) is 4.39 Å². The Balaban J connectivity index is 1.57. The molecule has 0 atom stereocenters. The molecule has 0 saturated carbocycles. The number of fused-ring (bicyclic) bond motifs is 1. The Morgan fingerprint density at radius 3 is 2.74 bits per heavy atom. The summed E-state index contributed by atoms with van der Waals surface area (Å²) in [5.74, 6) is -0.212. The molecule has 192 valence electrons. The number of aromatic amines is 2. The van der Waals surface area contributed by atoms with Crippen LogP contribution in [0.15, 0.2) is 73.6 Å². The van der Waals surface area contributed by atoms with Crippen molar-refractivity contribution in [1.29, 1.82) is 0 Å². The number of aromatic nitrogens is 4. The van der Waals surface area contributed by atoms with Gasteiger partial charge in [-0.05, 0) is 105 Å². The molecule has 5 aromatic rings. The maximum atomic E-state index is 14.7. The number of allylic oxidation sites excluding steroid dienone is 1. The number of pyridine rings is 1. The van der Waals surface area contributed by atoms with Crippen LogP contribution < -0.4 is 10.6 Å². The maximum Gasteiger partial charge on any atom is 0.124 e. The lowest BCUT2D eigenvalue weighted by Gasteiger charge is -2.11. The van der Waals surface area contributed by atoms with Crippen molar-refractivity contribution in [1.82, 2.24) is 25.1 Å². The van der Waals surface area contributed by atoms with Crippen molar-refractivity contribution in [2.75, 3.05) is 20.6 Å². The number of H-pyrrole nitrogens is 2. The van der Waals surface area contributed by atoms with Gasteiger partial charge in [0.1, 0.15) is 11.5 Å². The summed E-state index contributed by atoms with van der Waals surface area (Å²) in [4.78, 5) is 9.90. The van der Waals surface area contributed by atoms with Gasteiger partial charge in [-0.2, -0.15) is 5.10 Å². The molecule has 0 aliphatic rings. The van der Waals surface area contributed by atoms with E-state index in [1.807, 2.05) is 49.4 Å². The Labute approximate surface area is 222 Å². The lowest BCUT2D eigenvalue weighted by molar-refractivity contribution is 0.400. The Morgan fingerprint density at radius 1 is 1.11 bits per heavy atom. The number of benzene rings is 2. The summed E-state index contributed by atoms with van der Waals surface area (Å²) >= 11 is 0. The van der Waals surface area contributed by atoms with Crippen LogP contribution in [0.4, 0.5) is 4.39 Å². The van der Waals surface area contributed by atoms with Crippen LogP contribution in [0, 0.1) is 5.82 Å². The van der Waals surface area contributed by atoms with Crippen LogP contribution in [0.5, 0.6) is 0 Å². The first-order valence-corrected chi connectivity index (χ1v) is 12.8. The lowest BCUT2D eigenvalue weighted by Crippen LogP contribution is -2.23. The van der Waals surface area contributed by atoms with E-state index in [1.54, 1.807) is 24.5 Å². The predicted octanol–water partition coefficient (Wildman–Crippen LogP) is 5.55. The van der Waals surface area contributed by atoms with E-state index in [4.69, 9.17) is 0 Å². The number of halogens is 1. The van der Waals surface area contributed by atoms with Gasteiger partial charge in [0.15, 0.2) is 0 Å². The zero-order valence-corrected chi connectivity index (χ0v) is 22.1. The molecule has 0 spiro atoms. The molecule has 38 heavy (non-hydrogen) atoms. The average molecular weight is 506 g/mol. The minimum atomic E-state index is -0.212. The first-order chi connectivity index (χ1) is 18.4. The normalized spacial score (nSPS) is 12.7. The maximum absolute atomic E-state index is 14.7. The highest BCUT2D eigenvalue weighted by Gasteiger charge is 2.14. The van der Waals surface area contributed by atoms with E-state index in [9.17, 15) is 4.39 Å². The molecule has 0 fully saturated rings. The fourth-order valence-electron chi connectivity index (χ4n) is 4.83. The van der Waals surface area contributed by atoms with E-state index in [-0.39, 0.29) is 5.82 Å². The Hall–Kier alpha value is -4.29. The zero-order chi connectivity index (χ0) is 26.6. The standard InChI is InChI=1S/C32H32FN5/c1-5-29-28(15-21(2)23-10-7-13-34-20-23)32(37-36-29)31-19-27-26(11-6-12-30(27)35-31)24-16-22(17-25(33)18-24)9-8-14-38(3)4/h5-7,10-13,15-20,35-36H,2,8-9,14H2,1,3-4H3/b28-15+,29-5+. The molecule has 0 aliphatic carbocycles. The van der Waals surface area contributed by atoms with Gasteiger partial charge in [-0.1, -0.05) is 36.9 Å². The van der Waals surface area contributed by atoms with Crippen LogP contribution in [-0.2, 0) is 6.42 Å². The van der Waals surface area contributed by atoms with E-state index in [0.29, 0.717) is 0 Å². The van der Waals surface area contributed by atoms with Crippen LogP contribution in [0.1, 0.15) is 24.5 Å². The molecule has 2 aromatic carbocycles. The number of hydrogen-bond acceptors (Lipinski definition) is 3. The van der Waals surface area contributed by atoms with Gasteiger partial charge < -0.3 is 9.88 Å². The van der Waals surface area contributed by atoms with Crippen LogP contribution in [0.25, 0.3) is 51.1 Å². The zero-order valence-electron chi connectivity index (χ0n) is 22.1. The molecule has 0 amide bonds. The SMILES string of the molecule is C=C(/C=c1/c(-c2cc3c(-c4cc(F)cc(CCCN(C)C)c4)cccc3[nH]2)n[nH]/c1=C/C)c1cccnc1. The highest BCUT2D eigenvalue weighted by Crippen LogP contribution is 2.32. The monoisotopic (exact) mass is 505 g/mol. The van der Waals surface area contributed by atoms with Gasteiger partial charge in [0.25, 0.3) is 0 Å². The topological polar surface area (TPSA) is 60.6 Å². The molecule has 2 N–H and O–H groups in total. The van der Waals surface area contributed by atoms with Gasteiger partial charge in [0, 0.05) is 28.5 Å². The van der Waals surface area contributed by atoms with Gasteiger partial charge in [0.05, 0.1) is 11.0 Å². The molecule has 0 unspecified atom stereocenters. The van der Waals surface area contributed by atoms with Gasteiger partial charge in [0.2, 0.25) is 0 Å². The first kappa shape index (κ1) is 25.4. The second-order valence-electron chi connectivity index (χ2n) is 9.80. The molecule has 0 bridgehead atoms. The highest BCUT2D eigenvalue weighted by atomic mass is 19.1. The summed E-state index contributed by atoms with van der Waals surface area (Å²) in [7, 11) is 4.11. The van der Waals surface area contributed by atoms with Crippen LogP contribution in [0.2, 0.25) is 0 Å². The van der Waals surface area contributed by atoms with Crippen molar-refractivity contribution in [2.24, 2.45) is 0 Å². The fraction of sp³-hybridized carbons (Fsp3) is 0.188. The molecular formula is C32H32FN5. The van der Waals surface area contributed by atoms with Crippen molar-refractivity contribution in [3.05, 3.63) is 101 Å². The van der Waals surface area contributed by atoms with Crippen LogP contribution in [-0.4, -0.2) is 45.7 Å². The van der Waals surface area contributed by atoms with Gasteiger partial charge in [-0.3, -0.25) is 10.1 Å². The predicted molar refractivity (Wildman–Crippen MR) is 155 cm³/mol. The number of nitrogens with zero attached hydrogens (tertiary/aromatic N) is 3. The lowest BCUT2D eigenvalue weighted by atomic mass is 9.98. The third-order valence-corrected chi connectivity index (χ3v) is 6.73. The van der Waals surface area contributed by atoms with E-state index in [2.05, 4.69) is 57.9 Å².